The smallest absolute Gasteiger partial charge is 0.306 e. The molecule has 0 aliphatic carbocycles. The number of aromatic nitrogens is 1. The zero-order chi connectivity index (χ0) is 18.5. The van der Waals surface area contributed by atoms with Gasteiger partial charge in [0.1, 0.15) is 5.82 Å². The first-order chi connectivity index (χ1) is 12.5. The number of thiazole rings is 1. The van der Waals surface area contributed by atoms with Crippen LogP contribution >= 0.6 is 11.3 Å². The fraction of sp³-hybridized carbons (Fsp3) is 0.211. The maximum atomic E-state index is 12.9. The number of nitrogens with one attached hydrogen (secondary N) is 1. The number of esters is 1. The summed E-state index contributed by atoms with van der Waals surface area (Å²) in [4.78, 5) is 28.5. The Morgan fingerprint density at radius 1 is 1.19 bits per heavy atom. The Bertz CT molecular complexity index is 891. The highest BCUT2D eigenvalue weighted by Crippen LogP contribution is 2.22. The Hall–Kier alpha value is -2.80. The van der Waals surface area contributed by atoms with Crippen molar-refractivity contribution < 1.29 is 18.7 Å². The Morgan fingerprint density at radius 3 is 2.65 bits per heavy atom. The van der Waals surface area contributed by atoms with E-state index in [0.29, 0.717) is 12.1 Å². The number of benzene rings is 2. The van der Waals surface area contributed by atoms with Crippen LogP contribution in [0.25, 0.3) is 10.2 Å². The average Bonchev–Trinajstić information content (AvgIpc) is 3.05. The largest absolute Gasteiger partial charge is 0.453 e. The second-order valence-corrected chi connectivity index (χ2v) is 6.82. The molecule has 7 heteroatoms. The van der Waals surface area contributed by atoms with Crippen molar-refractivity contribution in [1.82, 2.24) is 4.98 Å². The predicted molar refractivity (Wildman–Crippen MR) is 98.5 cm³/mol. The third kappa shape index (κ3) is 4.64. The lowest BCUT2D eigenvalue weighted by Gasteiger charge is -2.13. The molecule has 26 heavy (non-hydrogen) atoms. The van der Waals surface area contributed by atoms with E-state index >= 15 is 0 Å². The molecule has 0 spiro atoms. The van der Waals surface area contributed by atoms with Crippen molar-refractivity contribution >= 4 is 39.1 Å². The van der Waals surface area contributed by atoms with Gasteiger partial charge in [0.15, 0.2) is 6.10 Å². The molecule has 0 saturated heterocycles. The number of amides is 1. The van der Waals surface area contributed by atoms with Gasteiger partial charge < -0.3 is 10.1 Å². The van der Waals surface area contributed by atoms with Crippen LogP contribution in [0.3, 0.4) is 0 Å². The zero-order valence-corrected chi connectivity index (χ0v) is 14.9. The van der Waals surface area contributed by atoms with Gasteiger partial charge in [0.25, 0.3) is 5.91 Å². The monoisotopic (exact) mass is 372 g/mol. The van der Waals surface area contributed by atoms with Gasteiger partial charge in [-0.05, 0) is 43.3 Å². The summed E-state index contributed by atoms with van der Waals surface area (Å²) < 4.78 is 19.1. The van der Waals surface area contributed by atoms with Crippen LogP contribution < -0.4 is 5.32 Å². The fourth-order valence-corrected chi connectivity index (χ4v) is 3.29. The molecule has 0 unspecified atom stereocenters. The second-order valence-electron chi connectivity index (χ2n) is 5.70. The summed E-state index contributed by atoms with van der Waals surface area (Å²) in [6, 6.07) is 13.1. The molecular weight excluding hydrogens is 355 g/mol. The number of carbonyl (C=O) groups excluding carboxylic acids is 2. The highest BCUT2D eigenvalue weighted by atomic mass is 32.1. The van der Waals surface area contributed by atoms with E-state index in [1.54, 1.807) is 0 Å². The average molecular weight is 372 g/mol. The summed E-state index contributed by atoms with van der Waals surface area (Å²) in [5.74, 6) is -1.33. The molecule has 1 heterocycles. The molecule has 3 aromatic rings. The number of rotatable bonds is 6. The molecule has 3 rings (SSSR count). The third-order valence-corrected chi connectivity index (χ3v) is 4.77. The van der Waals surface area contributed by atoms with E-state index in [1.165, 1.54) is 42.5 Å². The summed E-state index contributed by atoms with van der Waals surface area (Å²) in [5, 5.41) is 3.43. The van der Waals surface area contributed by atoms with Gasteiger partial charge in [-0.25, -0.2) is 9.37 Å². The van der Waals surface area contributed by atoms with Crippen molar-refractivity contribution in [2.75, 3.05) is 5.32 Å². The highest BCUT2D eigenvalue weighted by Gasteiger charge is 2.18. The summed E-state index contributed by atoms with van der Waals surface area (Å²) in [7, 11) is 0. The lowest BCUT2D eigenvalue weighted by Crippen LogP contribution is -2.30. The summed E-state index contributed by atoms with van der Waals surface area (Å²) in [5.41, 5.74) is 1.35. The van der Waals surface area contributed by atoms with Gasteiger partial charge in [0.2, 0.25) is 0 Å². The Morgan fingerprint density at radius 2 is 1.92 bits per heavy atom. The first-order valence-corrected chi connectivity index (χ1v) is 8.93. The number of anilines is 1. The number of nitrogens with zero attached hydrogens (tertiary/aromatic N) is 1. The van der Waals surface area contributed by atoms with Gasteiger partial charge in [-0.1, -0.05) is 12.1 Å². The SMILES string of the molecule is C[C@H](OC(=O)CCc1nc2ccccc2s1)C(=O)Nc1ccc(F)cc1. The molecule has 0 aliphatic heterocycles. The minimum Gasteiger partial charge on any atom is -0.453 e. The topological polar surface area (TPSA) is 68.3 Å². The first-order valence-electron chi connectivity index (χ1n) is 8.11. The first kappa shape index (κ1) is 18.0. The Kier molecular flexibility index (Phi) is 5.58. The summed E-state index contributed by atoms with van der Waals surface area (Å²) >= 11 is 1.54. The maximum Gasteiger partial charge on any atom is 0.306 e. The van der Waals surface area contributed by atoms with Crippen molar-refractivity contribution in [3.63, 3.8) is 0 Å². The van der Waals surface area contributed by atoms with Crippen LogP contribution in [0.5, 0.6) is 0 Å². The number of ether oxygens (including phenoxy) is 1. The Balaban J connectivity index is 1.48. The lowest BCUT2D eigenvalue weighted by atomic mass is 10.3. The molecule has 2 aromatic carbocycles. The quantitative estimate of drug-likeness (QED) is 0.666. The van der Waals surface area contributed by atoms with E-state index in [4.69, 9.17) is 4.74 Å². The molecule has 1 amide bonds. The van der Waals surface area contributed by atoms with Crippen molar-refractivity contribution in [3.8, 4) is 0 Å². The van der Waals surface area contributed by atoms with E-state index in [-0.39, 0.29) is 6.42 Å². The highest BCUT2D eigenvalue weighted by molar-refractivity contribution is 7.18. The normalized spacial score (nSPS) is 11.9. The molecule has 5 nitrogen and oxygen atoms in total. The van der Waals surface area contributed by atoms with E-state index in [2.05, 4.69) is 10.3 Å². The predicted octanol–water partition coefficient (Wildman–Crippen LogP) is 3.94. The number of fused-ring (bicyclic) bond motifs is 1. The van der Waals surface area contributed by atoms with Crippen LogP contribution in [0.1, 0.15) is 18.4 Å². The van der Waals surface area contributed by atoms with Crippen molar-refractivity contribution in [2.24, 2.45) is 0 Å². The number of aryl methyl sites for hydroxylation is 1. The van der Waals surface area contributed by atoms with Gasteiger partial charge >= 0.3 is 5.97 Å². The number of hydrogen-bond donors (Lipinski definition) is 1. The minimum absolute atomic E-state index is 0.147. The van der Waals surface area contributed by atoms with Crippen LogP contribution in [0.15, 0.2) is 48.5 Å². The summed E-state index contributed by atoms with van der Waals surface area (Å²) in [6.45, 7) is 1.49. The van der Waals surface area contributed by atoms with E-state index in [0.717, 1.165) is 15.2 Å². The van der Waals surface area contributed by atoms with Crippen molar-refractivity contribution in [3.05, 3.63) is 59.4 Å². The van der Waals surface area contributed by atoms with Gasteiger partial charge in [-0.2, -0.15) is 0 Å². The fourth-order valence-electron chi connectivity index (χ4n) is 2.32. The minimum atomic E-state index is -0.942. The number of hydrogen-bond acceptors (Lipinski definition) is 5. The number of halogens is 1. The van der Waals surface area contributed by atoms with Gasteiger partial charge in [-0.15, -0.1) is 11.3 Å². The van der Waals surface area contributed by atoms with Gasteiger partial charge in [-0.3, -0.25) is 9.59 Å². The molecule has 0 bridgehead atoms. The van der Waals surface area contributed by atoms with E-state index < -0.39 is 23.8 Å². The number of carbonyl (C=O) groups is 2. The molecule has 134 valence electrons. The molecule has 1 aromatic heterocycles. The standard InChI is InChI=1S/C19H17FN2O3S/c1-12(19(24)21-14-8-6-13(20)7-9-14)25-18(23)11-10-17-22-15-4-2-3-5-16(15)26-17/h2-9,12H,10-11H2,1H3,(H,21,24)/t12-/m0/s1. The van der Waals surface area contributed by atoms with Crippen molar-refractivity contribution in [2.45, 2.75) is 25.9 Å². The maximum absolute atomic E-state index is 12.9. The lowest BCUT2D eigenvalue weighted by molar-refractivity contribution is -0.153. The molecule has 0 aliphatic rings. The summed E-state index contributed by atoms with van der Waals surface area (Å²) in [6.07, 6.45) is -0.332. The van der Waals surface area contributed by atoms with Crippen LogP contribution in [0.4, 0.5) is 10.1 Å². The van der Waals surface area contributed by atoms with Gasteiger partial charge in [0.05, 0.1) is 21.6 Å². The van der Waals surface area contributed by atoms with Crippen LogP contribution in [0.2, 0.25) is 0 Å². The second kappa shape index (κ2) is 8.05. The van der Waals surface area contributed by atoms with Crippen LogP contribution in [0, 0.1) is 5.82 Å². The number of para-hydroxylation sites is 1. The molecule has 1 N–H and O–H groups in total. The van der Waals surface area contributed by atoms with E-state index in [1.807, 2.05) is 24.3 Å². The molecular formula is C19H17FN2O3S. The van der Waals surface area contributed by atoms with Crippen molar-refractivity contribution in [1.29, 1.82) is 0 Å². The van der Waals surface area contributed by atoms with Crippen LogP contribution in [-0.4, -0.2) is 23.0 Å². The molecule has 1 atom stereocenters. The van der Waals surface area contributed by atoms with E-state index in [9.17, 15) is 14.0 Å². The molecule has 0 fully saturated rings. The molecule has 0 radical (unpaired) electrons. The van der Waals surface area contributed by atoms with Gasteiger partial charge in [0, 0.05) is 12.1 Å². The third-order valence-electron chi connectivity index (χ3n) is 3.67. The Labute approximate surface area is 153 Å². The van der Waals surface area contributed by atoms with Crippen LogP contribution in [-0.2, 0) is 20.7 Å². The molecule has 0 saturated carbocycles. The zero-order valence-electron chi connectivity index (χ0n) is 14.1.